The Hall–Kier alpha value is -1.89. The number of nitrogens with two attached hydrogens (primary N) is 1. The molecule has 0 rings (SSSR count). The number of amides is 1. The van der Waals surface area contributed by atoms with E-state index >= 15 is 0 Å². The number of esters is 1. The smallest absolute Gasteiger partial charge is 0.326 e. The average Bonchev–Trinajstić information content (AvgIpc) is 3.21. The van der Waals surface area contributed by atoms with Gasteiger partial charge in [0, 0.05) is 12.8 Å². The summed E-state index contributed by atoms with van der Waals surface area (Å²) in [7, 11) is 0. The molecule has 0 saturated heterocycles. The van der Waals surface area contributed by atoms with Gasteiger partial charge >= 0.3 is 11.9 Å². The van der Waals surface area contributed by atoms with Crippen molar-refractivity contribution in [3.05, 3.63) is 12.2 Å². The van der Waals surface area contributed by atoms with Crippen LogP contribution in [-0.2, 0) is 19.1 Å². The summed E-state index contributed by atoms with van der Waals surface area (Å²) < 4.78 is 6.09. The lowest BCUT2D eigenvalue weighted by atomic mass is 10.0. The molecule has 7 nitrogen and oxygen atoms in total. The van der Waals surface area contributed by atoms with Crippen LogP contribution in [0.4, 0.5) is 0 Å². The van der Waals surface area contributed by atoms with Crippen LogP contribution in [0.2, 0.25) is 0 Å². The van der Waals surface area contributed by atoms with Gasteiger partial charge in [0.25, 0.3) is 0 Å². The third kappa shape index (κ3) is 42.2. The van der Waals surface area contributed by atoms with Crippen molar-refractivity contribution in [2.75, 3.05) is 6.54 Å². The lowest BCUT2D eigenvalue weighted by Crippen LogP contribution is -2.40. The number of carbonyl (C=O) groups is 3. The second-order valence-electron chi connectivity index (χ2n) is 17.6. The Morgan fingerprint density at radius 1 is 0.483 bits per heavy atom. The summed E-state index contributed by atoms with van der Waals surface area (Å²) in [6.07, 6.45) is 52.7. The van der Waals surface area contributed by atoms with Crippen LogP contribution >= 0.6 is 0 Å². The fourth-order valence-corrected chi connectivity index (χ4v) is 7.98. The van der Waals surface area contributed by atoms with Crippen LogP contribution in [0.1, 0.15) is 277 Å². The highest BCUT2D eigenvalue weighted by atomic mass is 16.5. The normalized spacial score (nSPS) is 12.6. The van der Waals surface area contributed by atoms with Gasteiger partial charge in [-0.05, 0) is 83.6 Å². The molecule has 0 aromatic heterocycles. The molecule has 0 aromatic carbocycles. The van der Waals surface area contributed by atoms with Crippen LogP contribution in [0.3, 0.4) is 0 Å². The highest BCUT2D eigenvalue weighted by molar-refractivity contribution is 5.83. The van der Waals surface area contributed by atoms with Gasteiger partial charge < -0.3 is 20.9 Å². The van der Waals surface area contributed by atoms with E-state index in [2.05, 4.69) is 31.3 Å². The largest absolute Gasteiger partial charge is 0.480 e. The van der Waals surface area contributed by atoms with Crippen LogP contribution in [0.25, 0.3) is 0 Å². The van der Waals surface area contributed by atoms with E-state index in [1.807, 2.05) is 0 Å². The molecule has 0 aromatic rings. The van der Waals surface area contributed by atoms with Gasteiger partial charge in [-0.15, -0.1) is 0 Å². The number of hydrogen-bond donors (Lipinski definition) is 3. The lowest BCUT2D eigenvalue weighted by molar-refractivity contribution is -0.150. The number of unbranched alkanes of at least 4 members (excludes halogenated alkanes) is 31. The molecule has 2 unspecified atom stereocenters. The number of nitrogens with one attached hydrogen (secondary N) is 1. The summed E-state index contributed by atoms with van der Waals surface area (Å²) in [4.78, 5) is 36.5. The predicted octanol–water partition coefficient (Wildman–Crippen LogP) is 15.0. The van der Waals surface area contributed by atoms with E-state index in [9.17, 15) is 19.5 Å². The minimum Gasteiger partial charge on any atom is -0.480 e. The van der Waals surface area contributed by atoms with E-state index in [4.69, 9.17) is 10.5 Å². The molecule has 2 atom stereocenters. The van der Waals surface area contributed by atoms with E-state index in [1.54, 1.807) is 0 Å². The quantitative estimate of drug-likeness (QED) is 0.0320. The van der Waals surface area contributed by atoms with Gasteiger partial charge in [0.15, 0.2) is 0 Å². The van der Waals surface area contributed by atoms with Crippen molar-refractivity contribution in [3.63, 3.8) is 0 Å². The molecule has 0 bridgehead atoms. The Morgan fingerprint density at radius 3 is 1.24 bits per heavy atom. The first-order valence-electron chi connectivity index (χ1n) is 25.5. The van der Waals surface area contributed by atoms with E-state index in [-0.39, 0.29) is 18.0 Å². The zero-order valence-corrected chi connectivity index (χ0v) is 38.7. The van der Waals surface area contributed by atoms with Crippen molar-refractivity contribution in [3.8, 4) is 0 Å². The minimum absolute atomic E-state index is 0.0153. The molecule has 4 N–H and O–H groups in total. The molecular formula is C51H98N2O5. The van der Waals surface area contributed by atoms with E-state index in [0.717, 1.165) is 64.2 Å². The van der Waals surface area contributed by atoms with Crippen molar-refractivity contribution in [1.29, 1.82) is 0 Å². The average molecular weight is 819 g/mol. The monoisotopic (exact) mass is 819 g/mol. The SMILES string of the molecule is CCCCCCCC/C=C\CCCCCCCCCC(=O)OC(CCCCCCCCCCCCCCCCC)CCCCCCCC(=O)NC(CCCN)C(=O)O. The number of ether oxygens (including phenoxy) is 1. The highest BCUT2D eigenvalue weighted by Crippen LogP contribution is 2.20. The van der Waals surface area contributed by atoms with Gasteiger partial charge in [0.1, 0.15) is 12.1 Å². The Morgan fingerprint density at radius 2 is 0.845 bits per heavy atom. The van der Waals surface area contributed by atoms with Gasteiger partial charge in [-0.3, -0.25) is 9.59 Å². The van der Waals surface area contributed by atoms with Crippen molar-refractivity contribution in [2.24, 2.45) is 5.73 Å². The van der Waals surface area contributed by atoms with Crippen LogP contribution in [0.15, 0.2) is 12.2 Å². The van der Waals surface area contributed by atoms with Gasteiger partial charge in [-0.1, -0.05) is 199 Å². The van der Waals surface area contributed by atoms with Crippen LogP contribution in [0.5, 0.6) is 0 Å². The van der Waals surface area contributed by atoms with Crippen molar-refractivity contribution < 1.29 is 24.2 Å². The topological polar surface area (TPSA) is 119 Å². The number of carbonyl (C=O) groups excluding carboxylic acids is 2. The fourth-order valence-electron chi connectivity index (χ4n) is 7.98. The highest BCUT2D eigenvalue weighted by Gasteiger charge is 2.19. The third-order valence-corrected chi connectivity index (χ3v) is 11.8. The zero-order chi connectivity index (χ0) is 42.4. The number of allylic oxidation sites excluding steroid dienone is 2. The number of rotatable bonds is 47. The molecular weight excluding hydrogens is 721 g/mol. The van der Waals surface area contributed by atoms with E-state index in [0.29, 0.717) is 32.2 Å². The molecule has 0 spiro atoms. The molecule has 0 aliphatic carbocycles. The molecule has 58 heavy (non-hydrogen) atoms. The molecule has 0 heterocycles. The van der Waals surface area contributed by atoms with Crippen LogP contribution < -0.4 is 11.1 Å². The lowest BCUT2D eigenvalue weighted by Gasteiger charge is -2.18. The molecule has 0 aliphatic heterocycles. The zero-order valence-electron chi connectivity index (χ0n) is 38.7. The summed E-state index contributed by atoms with van der Waals surface area (Å²) in [5.74, 6) is -1.21. The summed E-state index contributed by atoms with van der Waals surface area (Å²) in [5.41, 5.74) is 5.50. The Kier molecular flexibility index (Phi) is 44.7. The Bertz CT molecular complexity index is 925. The molecule has 342 valence electrons. The fraction of sp³-hybridized carbons (Fsp3) is 0.902. The second kappa shape index (κ2) is 46.2. The number of aliphatic carboxylic acids is 1. The first-order chi connectivity index (χ1) is 28.4. The van der Waals surface area contributed by atoms with Gasteiger partial charge in [0.2, 0.25) is 5.91 Å². The van der Waals surface area contributed by atoms with Crippen molar-refractivity contribution in [2.45, 2.75) is 289 Å². The summed E-state index contributed by atoms with van der Waals surface area (Å²) in [6, 6.07) is -0.854. The molecule has 0 radical (unpaired) electrons. The first kappa shape index (κ1) is 56.1. The maximum Gasteiger partial charge on any atom is 0.326 e. The van der Waals surface area contributed by atoms with Gasteiger partial charge in [0.05, 0.1) is 0 Å². The number of carboxylic acid groups (broad SMARTS) is 1. The summed E-state index contributed by atoms with van der Waals surface area (Å²) in [6.45, 7) is 4.97. The molecule has 0 fully saturated rings. The van der Waals surface area contributed by atoms with Crippen molar-refractivity contribution >= 4 is 17.8 Å². The number of hydrogen-bond acceptors (Lipinski definition) is 5. The molecule has 0 saturated carbocycles. The van der Waals surface area contributed by atoms with Gasteiger partial charge in [-0.25, -0.2) is 4.79 Å². The Labute approximate surface area is 360 Å². The Balaban J connectivity index is 4.27. The van der Waals surface area contributed by atoms with Crippen LogP contribution in [-0.4, -0.2) is 41.6 Å². The minimum atomic E-state index is -1.00. The summed E-state index contributed by atoms with van der Waals surface area (Å²) >= 11 is 0. The molecule has 7 heteroatoms. The number of carboxylic acids is 1. The van der Waals surface area contributed by atoms with Crippen LogP contribution in [0, 0.1) is 0 Å². The van der Waals surface area contributed by atoms with E-state index < -0.39 is 12.0 Å². The standard InChI is InChI=1S/C51H98N2O5/c1-3-5-7-9-11-13-15-17-19-20-22-24-26-28-30-35-39-45-50(55)58-47(41-36-32-29-27-25-23-21-18-16-14-12-10-8-6-4-2)42-37-33-31-34-38-44-49(54)53-48(51(56)57)43-40-46-52/h17,19,47-48H,3-16,18,20-46,52H2,1-2H3,(H,53,54)(H,56,57)/b19-17-. The molecule has 0 aliphatic rings. The maximum atomic E-state index is 12.9. The van der Waals surface area contributed by atoms with Gasteiger partial charge in [-0.2, -0.15) is 0 Å². The molecule has 1 amide bonds. The predicted molar refractivity (Wildman–Crippen MR) is 248 cm³/mol. The second-order valence-corrected chi connectivity index (χ2v) is 17.6. The van der Waals surface area contributed by atoms with Crippen molar-refractivity contribution in [1.82, 2.24) is 5.32 Å². The maximum absolute atomic E-state index is 12.9. The van der Waals surface area contributed by atoms with E-state index in [1.165, 1.54) is 173 Å². The third-order valence-electron chi connectivity index (χ3n) is 11.8. The summed E-state index contributed by atoms with van der Waals surface area (Å²) in [5, 5.41) is 12.0. The first-order valence-corrected chi connectivity index (χ1v) is 25.5.